The first kappa shape index (κ1) is 8.48. The quantitative estimate of drug-likeness (QED) is 0.558. The van der Waals surface area contributed by atoms with E-state index < -0.39 is 6.10 Å². The van der Waals surface area contributed by atoms with Crippen LogP contribution in [0.1, 0.15) is 13.3 Å². The molecular weight excluding hydrogens is 116 g/mol. The second-order valence-corrected chi connectivity index (χ2v) is 1.74. The smallest absolute Gasteiger partial charge is 0.0882 e. The Morgan fingerprint density at radius 1 is 1.67 bits per heavy atom. The van der Waals surface area contributed by atoms with E-state index in [2.05, 4.69) is 16.6 Å². The molecule has 2 nitrogen and oxygen atoms in total. The van der Waals surface area contributed by atoms with Crippen LogP contribution >= 0.6 is 0 Å². The van der Waals surface area contributed by atoms with Crippen LogP contribution in [0.2, 0.25) is 0 Å². The maximum atomic E-state index is 8.95. The van der Waals surface area contributed by atoms with E-state index >= 15 is 0 Å². The molecule has 1 N–H and O–H groups in total. The van der Waals surface area contributed by atoms with E-state index in [9.17, 15) is 0 Å². The fraction of sp³-hybridized carbons (Fsp3) is 0.714. The minimum atomic E-state index is -0.428. The minimum Gasteiger partial charge on any atom is -0.390 e. The monoisotopic (exact) mass is 128 g/mol. The van der Waals surface area contributed by atoms with Gasteiger partial charge in [0.15, 0.2) is 0 Å². The SMILES string of the molecule is CC#CC[C@@H](O)COC. The zero-order chi connectivity index (χ0) is 7.11. The van der Waals surface area contributed by atoms with Gasteiger partial charge in [-0.05, 0) is 6.92 Å². The zero-order valence-electron chi connectivity index (χ0n) is 5.85. The molecule has 0 saturated carbocycles. The van der Waals surface area contributed by atoms with Crippen molar-refractivity contribution in [1.29, 1.82) is 0 Å². The molecule has 0 unspecified atom stereocenters. The standard InChI is InChI=1S/C7H12O2/c1-3-4-5-7(8)6-9-2/h7-8H,5-6H2,1-2H3/t7-/m1/s1. The molecule has 0 aromatic rings. The average Bonchev–Trinajstić information content (AvgIpc) is 1.85. The van der Waals surface area contributed by atoms with Crippen LogP contribution in [0.15, 0.2) is 0 Å². The number of methoxy groups -OCH3 is 1. The Morgan fingerprint density at radius 2 is 2.33 bits per heavy atom. The summed E-state index contributed by atoms with van der Waals surface area (Å²) in [5, 5.41) is 8.95. The number of hydrogen-bond acceptors (Lipinski definition) is 2. The number of rotatable bonds is 3. The molecule has 1 atom stereocenters. The molecule has 0 fully saturated rings. The highest BCUT2D eigenvalue weighted by Gasteiger charge is 1.97. The van der Waals surface area contributed by atoms with Gasteiger partial charge in [0.1, 0.15) is 0 Å². The molecule has 0 radical (unpaired) electrons. The summed E-state index contributed by atoms with van der Waals surface area (Å²) < 4.78 is 4.68. The lowest BCUT2D eigenvalue weighted by Gasteiger charge is -2.02. The van der Waals surface area contributed by atoms with Crippen molar-refractivity contribution in [3.8, 4) is 11.8 Å². The lowest BCUT2D eigenvalue weighted by Crippen LogP contribution is -2.12. The van der Waals surface area contributed by atoms with Crippen molar-refractivity contribution in [3.63, 3.8) is 0 Å². The molecule has 0 heterocycles. The third-order valence-electron chi connectivity index (χ3n) is 0.874. The van der Waals surface area contributed by atoms with Crippen LogP contribution < -0.4 is 0 Å². The van der Waals surface area contributed by atoms with E-state index in [1.165, 1.54) is 0 Å². The molecule has 0 aliphatic carbocycles. The van der Waals surface area contributed by atoms with Crippen LogP contribution in [0, 0.1) is 11.8 Å². The summed E-state index contributed by atoms with van der Waals surface area (Å²) in [6.45, 7) is 2.12. The van der Waals surface area contributed by atoms with E-state index in [0.29, 0.717) is 13.0 Å². The predicted molar refractivity (Wildman–Crippen MR) is 35.9 cm³/mol. The third kappa shape index (κ3) is 5.35. The number of ether oxygens (including phenoxy) is 1. The molecule has 0 aromatic carbocycles. The highest BCUT2D eigenvalue weighted by molar-refractivity contribution is 4.96. The van der Waals surface area contributed by atoms with Crippen LogP contribution in [0.3, 0.4) is 0 Å². The van der Waals surface area contributed by atoms with Gasteiger partial charge in [0.2, 0.25) is 0 Å². The van der Waals surface area contributed by atoms with Gasteiger partial charge in [0.05, 0.1) is 12.7 Å². The Hall–Kier alpha value is -0.520. The molecule has 0 saturated heterocycles. The Kier molecular flexibility index (Phi) is 5.29. The Labute approximate surface area is 55.8 Å². The lowest BCUT2D eigenvalue weighted by atomic mass is 10.3. The largest absolute Gasteiger partial charge is 0.390 e. The lowest BCUT2D eigenvalue weighted by molar-refractivity contribution is 0.0680. The summed E-state index contributed by atoms with van der Waals surface area (Å²) >= 11 is 0. The van der Waals surface area contributed by atoms with Crippen LogP contribution in [0.4, 0.5) is 0 Å². The topological polar surface area (TPSA) is 29.5 Å². The van der Waals surface area contributed by atoms with Gasteiger partial charge in [0.25, 0.3) is 0 Å². The van der Waals surface area contributed by atoms with Gasteiger partial charge in [-0.2, -0.15) is 0 Å². The number of hydrogen-bond donors (Lipinski definition) is 1. The normalized spacial score (nSPS) is 11.9. The van der Waals surface area contributed by atoms with Crippen LogP contribution in [-0.4, -0.2) is 24.9 Å². The number of aliphatic hydroxyl groups excluding tert-OH is 1. The average molecular weight is 128 g/mol. The maximum Gasteiger partial charge on any atom is 0.0882 e. The van der Waals surface area contributed by atoms with E-state index in [1.807, 2.05) is 0 Å². The van der Waals surface area contributed by atoms with Gasteiger partial charge in [-0.1, -0.05) is 0 Å². The molecule has 0 amide bonds. The molecule has 0 spiro atoms. The Balaban J connectivity index is 3.22. The summed E-state index contributed by atoms with van der Waals surface area (Å²) in [6, 6.07) is 0. The second-order valence-electron chi connectivity index (χ2n) is 1.74. The fourth-order valence-electron chi connectivity index (χ4n) is 0.471. The summed E-state index contributed by atoms with van der Waals surface area (Å²) in [5.41, 5.74) is 0. The van der Waals surface area contributed by atoms with Gasteiger partial charge < -0.3 is 9.84 Å². The van der Waals surface area contributed by atoms with E-state index in [1.54, 1.807) is 14.0 Å². The summed E-state index contributed by atoms with van der Waals surface area (Å²) in [7, 11) is 1.56. The van der Waals surface area contributed by atoms with Crippen LogP contribution in [0.5, 0.6) is 0 Å². The molecule has 9 heavy (non-hydrogen) atoms. The molecule has 0 bridgehead atoms. The van der Waals surface area contributed by atoms with Gasteiger partial charge in [0, 0.05) is 13.5 Å². The first-order valence-electron chi connectivity index (χ1n) is 2.88. The second kappa shape index (κ2) is 5.61. The molecule has 0 aliphatic heterocycles. The fourth-order valence-corrected chi connectivity index (χ4v) is 0.471. The maximum absolute atomic E-state index is 8.95. The van der Waals surface area contributed by atoms with Crippen molar-refractivity contribution < 1.29 is 9.84 Å². The molecule has 0 rings (SSSR count). The molecular formula is C7H12O2. The van der Waals surface area contributed by atoms with Crippen LogP contribution in [0.25, 0.3) is 0 Å². The van der Waals surface area contributed by atoms with Crippen molar-refractivity contribution in [2.24, 2.45) is 0 Å². The Morgan fingerprint density at radius 3 is 2.78 bits per heavy atom. The summed E-state index contributed by atoms with van der Waals surface area (Å²) in [4.78, 5) is 0. The van der Waals surface area contributed by atoms with Crippen LogP contribution in [-0.2, 0) is 4.74 Å². The van der Waals surface area contributed by atoms with E-state index in [4.69, 9.17) is 5.11 Å². The van der Waals surface area contributed by atoms with Crippen molar-refractivity contribution >= 4 is 0 Å². The van der Waals surface area contributed by atoms with Crippen molar-refractivity contribution in [1.82, 2.24) is 0 Å². The molecule has 0 aromatic heterocycles. The number of aliphatic hydroxyl groups is 1. The summed E-state index contributed by atoms with van der Waals surface area (Å²) in [5.74, 6) is 5.44. The first-order chi connectivity index (χ1) is 4.31. The van der Waals surface area contributed by atoms with E-state index in [0.717, 1.165) is 0 Å². The molecule has 2 heteroatoms. The van der Waals surface area contributed by atoms with Gasteiger partial charge in [-0.15, -0.1) is 11.8 Å². The molecule has 0 aliphatic rings. The summed E-state index contributed by atoms with van der Waals surface area (Å²) in [6.07, 6.45) is 0.0760. The predicted octanol–water partition coefficient (Wildman–Crippen LogP) is 0.407. The van der Waals surface area contributed by atoms with Crippen molar-refractivity contribution in [3.05, 3.63) is 0 Å². The molecule has 52 valence electrons. The highest BCUT2D eigenvalue weighted by atomic mass is 16.5. The van der Waals surface area contributed by atoms with Crippen molar-refractivity contribution in [2.75, 3.05) is 13.7 Å². The highest BCUT2D eigenvalue weighted by Crippen LogP contribution is 1.88. The van der Waals surface area contributed by atoms with Crippen molar-refractivity contribution in [2.45, 2.75) is 19.4 Å². The van der Waals surface area contributed by atoms with E-state index in [-0.39, 0.29) is 0 Å². The Bertz CT molecular complexity index is 110. The third-order valence-corrected chi connectivity index (χ3v) is 0.874. The van der Waals surface area contributed by atoms with Gasteiger partial charge >= 0.3 is 0 Å². The zero-order valence-corrected chi connectivity index (χ0v) is 5.85. The van der Waals surface area contributed by atoms with Gasteiger partial charge in [-0.3, -0.25) is 0 Å². The van der Waals surface area contributed by atoms with Gasteiger partial charge in [-0.25, -0.2) is 0 Å². The minimum absolute atomic E-state index is 0.370. The first-order valence-corrected chi connectivity index (χ1v) is 2.88.